The van der Waals surface area contributed by atoms with Gasteiger partial charge in [-0.3, -0.25) is 4.79 Å². The van der Waals surface area contributed by atoms with Crippen molar-refractivity contribution in [1.29, 1.82) is 0 Å². The molecule has 0 N–H and O–H groups in total. The summed E-state index contributed by atoms with van der Waals surface area (Å²) in [5.41, 5.74) is -0.999. The number of rotatable bonds is 1. The molecule has 0 saturated carbocycles. The van der Waals surface area contributed by atoms with Gasteiger partial charge in [-0.15, -0.1) is 0 Å². The minimum absolute atomic E-state index is 0.107. The normalized spacial score (nSPS) is 21.1. The molecule has 0 aromatic rings. The molecule has 1 aliphatic heterocycles. The Kier molecular flexibility index (Phi) is 3.31. The van der Waals surface area contributed by atoms with Gasteiger partial charge in [-0.25, -0.2) is 14.5 Å². The van der Waals surface area contributed by atoms with Crippen LogP contribution in [0.25, 0.3) is 0 Å². The van der Waals surface area contributed by atoms with Crippen LogP contribution in [-0.2, 0) is 19.1 Å². The first-order chi connectivity index (χ1) is 8.32. The molecule has 6 heteroatoms. The first-order valence-electron chi connectivity index (χ1n) is 5.95. The Hall–Kier alpha value is -1.59. The standard InChI is InChI=1S/C11H17NO5/c1-11(2,3)17-10(15)12-7(9(14)16-4)5-6-8(12)13/h7H,5-6H2,1-4H3/t7-/m0/s1/i1D. The van der Waals surface area contributed by atoms with Crippen LogP contribution in [0.15, 0.2) is 0 Å². The molecule has 0 unspecified atom stereocenters. The number of hydrogen-bond acceptors (Lipinski definition) is 5. The van der Waals surface area contributed by atoms with Gasteiger partial charge in [0.2, 0.25) is 5.91 Å². The van der Waals surface area contributed by atoms with Crippen molar-refractivity contribution in [2.24, 2.45) is 0 Å². The average molecular weight is 244 g/mol. The number of amides is 2. The predicted molar refractivity (Wildman–Crippen MR) is 58.1 cm³/mol. The fourth-order valence-electron chi connectivity index (χ4n) is 1.56. The van der Waals surface area contributed by atoms with E-state index in [9.17, 15) is 14.4 Å². The zero-order valence-corrected chi connectivity index (χ0v) is 10.2. The Bertz CT molecular complexity index is 368. The number of likely N-dealkylation sites (tertiary alicyclic amines) is 1. The van der Waals surface area contributed by atoms with Crippen LogP contribution in [0.2, 0.25) is 0 Å². The minimum Gasteiger partial charge on any atom is -0.467 e. The number of ether oxygens (including phenoxy) is 2. The van der Waals surface area contributed by atoms with Crippen LogP contribution in [0.5, 0.6) is 0 Å². The van der Waals surface area contributed by atoms with Gasteiger partial charge in [0.15, 0.2) is 0 Å². The highest BCUT2D eigenvalue weighted by Crippen LogP contribution is 2.22. The first kappa shape index (κ1) is 11.9. The summed E-state index contributed by atoms with van der Waals surface area (Å²) in [6, 6.07) is -0.920. The third-order valence-corrected chi connectivity index (χ3v) is 2.25. The molecule has 0 radical (unpaired) electrons. The summed E-state index contributed by atoms with van der Waals surface area (Å²) in [6.07, 6.45) is -0.553. The van der Waals surface area contributed by atoms with E-state index in [-0.39, 0.29) is 19.7 Å². The van der Waals surface area contributed by atoms with Gasteiger partial charge >= 0.3 is 12.1 Å². The fraction of sp³-hybridized carbons (Fsp3) is 0.727. The number of nitrogens with zero attached hydrogens (tertiary/aromatic N) is 1. The highest BCUT2D eigenvalue weighted by atomic mass is 16.6. The molecule has 0 bridgehead atoms. The van der Waals surface area contributed by atoms with Crippen LogP contribution in [0.4, 0.5) is 4.79 Å². The Morgan fingerprint density at radius 1 is 1.53 bits per heavy atom. The summed E-state index contributed by atoms with van der Waals surface area (Å²) < 4.78 is 16.8. The highest BCUT2D eigenvalue weighted by Gasteiger charge is 2.42. The monoisotopic (exact) mass is 244 g/mol. The molecule has 0 aliphatic carbocycles. The van der Waals surface area contributed by atoms with Crippen molar-refractivity contribution >= 4 is 18.0 Å². The van der Waals surface area contributed by atoms with Gasteiger partial charge in [-0.1, -0.05) is 0 Å². The fourth-order valence-corrected chi connectivity index (χ4v) is 1.56. The first-order valence-corrected chi connectivity index (χ1v) is 5.24. The maximum Gasteiger partial charge on any atom is 0.417 e. The van der Waals surface area contributed by atoms with E-state index in [1.54, 1.807) is 13.8 Å². The Morgan fingerprint density at radius 2 is 2.18 bits per heavy atom. The SMILES string of the molecule is [2H]CC(C)(C)OC(=O)N1C(=O)CC[C@H]1C(=O)OC. The quantitative estimate of drug-likeness (QED) is 0.645. The van der Waals surface area contributed by atoms with Crippen molar-refractivity contribution in [2.75, 3.05) is 7.11 Å². The summed E-state index contributed by atoms with van der Waals surface area (Å²) in [6.45, 7) is 2.99. The molecule has 1 saturated heterocycles. The van der Waals surface area contributed by atoms with Crippen LogP contribution in [-0.4, -0.2) is 41.6 Å². The second-order valence-corrected chi connectivity index (χ2v) is 4.47. The predicted octanol–water partition coefficient (Wildman–Crippen LogP) is 1.09. The van der Waals surface area contributed by atoms with Gasteiger partial charge in [0.1, 0.15) is 11.6 Å². The van der Waals surface area contributed by atoms with Gasteiger partial charge in [0.25, 0.3) is 0 Å². The average Bonchev–Trinajstić information content (AvgIpc) is 2.69. The third-order valence-electron chi connectivity index (χ3n) is 2.25. The molecule has 1 atom stereocenters. The molecule has 1 aliphatic rings. The van der Waals surface area contributed by atoms with Crippen molar-refractivity contribution < 1.29 is 25.2 Å². The Balaban J connectivity index is 2.81. The molecule has 0 spiro atoms. The number of esters is 1. The van der Waals surface area contributed by atoms with Crippen molar-refractivity contribution in [2.45, 2.75) is 45.2 Å². The molecule has 1 rings (SSSR count). The lowest BCUT2D eigenvalue weighted by Crippen LogP contribution is -2.45. The van der Waals surface area contributed by atoms with E-state index in [2.05, 4.69) is 4.74 Å². The number of methoxy groups -OCH3 is 1. The van der Waals surface area contributed by atoms with Crippen LogP contribution < -0.4 is 0 Å². The van der Waals surface area contributed by atoms with Gasteiger partial charge in [0, 0.05) is 7.79 Å². The summed E-state index contributed by atoms with van der Waals surface area (Å²) in [5.74, 6) is -1.10. The van der Waals surface area contributed by atoms with E-state index in [0.29, 0.717) is 0 Å². The summed E-state index contributed by atoms with van der Waals surface area (Å²) in [7, 11) is 1.20. The summed E-state index contributed by atoms with van der Waals surface area (Å²) in [5, 5.41) is 0. The van der Waals surface area contributed by atoms with Crippen LogP contribution >= 0.6 is 0 Å². The number of imide groups is 1. The van der Waals surface area contributed by atoms with E-state index in [4.69, 9.17) is 6.11 Å². The van der Waals surface area contributed by atoms with E-state index in [1.165, 1.54) is 7.11 Å². The molecule has 6 nitrogen and oxygen atoms in total. The van der Waals surface area contributed by atoms with Crippen molar-refractivity contribution in [3.63, 3.8) is 0 Å². The van der Waals surface area contributed by atoms with E-state index in [1.807, 2.05) is 0 Å². The van der Waals surface area contributed by atoms with Crippen molar-refractivity contribution in [3.05, 3.63) is 0 Å². The van der Waals surface area contributed by atoms with Gasteiger partial charge in [-0.2, -0.15) is 0 Å². The van der Waals surface area contributed by atoms with Crippen LogP contribution in [0, 0.1) is 0 Å². The lowest BCUT2D eigenvalue weighted by molar-refractivity contribution is -0.148. The van der Waals surface area contributed by atoms with Crippen LogP contribution in [0.3, 0.4) is 0 Å². The number of carbonyl (C=O) groups excluding carboxylic acids is 3. The zero-order valence-electron chi connectivity index (χ0n) is 11.2. The van der Waals surface area contributed by atoms with Gasteiger partial charge in [0.05, 0.1) is 7.11 Å². The second-order valence-electron chi connectivity index (χ2n) is 4.47. The molecule has 0 aromatic carbocycles. The van der Waals surface area contributed by atoms with Gasteiger partial charge in [-0.05, 0) is 27.2 Å². The lowest BCUT2D eigenvalue weighted by Gasteiger charge is -2.26. The topological polar surface area (TPSA) is 72.9 Å². The van der Waals surface area contributed by atoms with Crippen molar-refractivity contribution in [1.82, 2.24) is 4.90 Å². The largest absolute Gasteiger partial charge is 0.467 e. The molecule has 96 valence electrons. The molecule has 1 heterocycles. The smallest absolute Gasteiger partial charge is 0.417 e. The lowest BCUT2D eigenvalue weighted by atomic mass is 10.2. The summed E-state index contributed by atoms with van der Waals surface area (Å²) in [4.78, 5) is 35.7. The van der Waals surface area contributed by atoms with E-state index < -0.39 is 29.6 Å². The molecular weight excluding hydrogens is 226 g/mol. The maximum atomic E-state index is 11.9. The molecule has 17 heavy (non-hydrogen) atoms. The third kappa shape index (κ3) is 3.18. The van der Waals surface area contributed by atoms with E-state index >= 15 is 0 Å². The van der Waals surface area contributed by atoms with E-state index in [0.717, 1.165) is 4.90 Å². The molecule has 1 fully saturated rings. The van der Waals surface area contributed by atoms with Gasteiger partial charge < -0.3 is 9.47 Å². The second kappa shape index (κ2) is 4.73. The summed E-state index contributed by atoms with van der Waals surface area (Å²) >= 11 is 0. The highest BCUT2D eigenvalue weighted by molar-refractivity contribution is 5.99. The van der Waals surface area contributed by atoms with Crippen molar-refractivity contribution in [3.8, 4) is 0 Å². The minimum atomic E-state index is -0.999. The maximum absolute atomic E-state index is 11.9. The molecule has 2 amide bonds. The number of carbonyl (C=O) groups is 3. The number of hydrogen-bond donors (Lipinski definition) is 0. The molecular formula is C11H17NO5. The molecule has 0 aromatic heterocycles. The zero-order chi connectivity index (χ0) is 13.9. The Morgan fingerprint density at radius 3 is 2.71 bits per heavy atom. The Labute approximate surface area is 101 Å². The van der Waals surface area contributed by atoms with Crippen LogP contribution in [0.1, 0.15) is 35.0 Å².